The maximum absolute atomic E-state index is 2.72. The van der Waals surface area contributed by atoms with Crippen molar-refractivity contribution in [1.29, 1.82) is 0 Å². The van der Waals surface area contributed by atoms with Gasteiger partial charge in [-0.3, -0.25) is 0 Å². The molecular weight excluding hydrogens is 374 g/mol. The summed E-state index contributed by atoms with van der Waals surface area (Å²) in [6.07, 6.45) is 19.4. The van der Waals surface area contributed by atoms with E-state index in [4.69, 9.17) is 0 Å². The van der Waals surface area contributed by atoms with Crippen LogP contribution in [0.2, 0.25) is 0 Å². The molecule has 2 heteroatoms. The molecule has 4 bridgehead atoms. The van der Waals surface area contributed by atoms with E-state index in [9.17, 15) is 0 Å². The first kappa shape index (κ1) is 21.7. The van der Waals surface area contributed by atoms with Crippen molar-refractivity contribution in [2.24, 2.45) is 23.2 Å². The van der Waals surface area contributed by atoms with E-state index >= 15 is 0 Å². The van der Waals surface area contributed by atoms with Gasteiger partial charge in [0.05, 0.1) is 0 Å². The minimum absolute atomic E-state index is 0. The number of rotatable bonds is 8. The Labute approximate surface area is 185 Å². The van der Waals surface area contributed by atoms with Gasteiger partial charge >= 0.3 is 0 Å². The summed E-state index contributed by atoms with van der Waals surface area (Å²) in [5.74, 6) is 4.03. The number of halogens is 1. The second kappa shape index (κ2) is 9.73. The van der Waals surface area contributed by atoms with Crippen molar-refractivity contribution in [3.05, 3.63) is 35.9 Å². The summed E-state index contributed by atoms with van der Waals surface area (Å²) in [4.78, 5) is 2.72. The van der Waals surface area contributed by atoms with Crippen LogP contribution in [0, 0.1) is 23.2 Å². The molecule has 1 aliphatic heterocycles. The van der Waals surface area contributed by atoms with Gasteiger partial charge in [-0.15, -0.1) is 12.4 Å². The molecule has 4 aliphatic carbocycles. The fourth-order valence-electron chi connectivity index (χ4n) is 8.16. The monoisotopic (exact) mass is 415 g/mol. The van der Waals surface area contributed by atoms with E-state index in [1.807, 2.05) is 0 Å². The van der Waals surface area contributed by atoms with Gasteiger partial charge in [-0.2, -0.15) is 0 Å². The molecule has 29 heavy (non-hydrogen) atoms. The van der Waals surface area contributed by atoms with Gasteiger partial charge in [0.2, 0.25) is 0 Å². The molecule has 0 aromatic heterocycles. The number of piperidine rings is 1. The summed E-state index contributed by atoms with van der Waals surface area (Å²) in [6, 6.07) is 11.7. The average molecular weight is 416 g/mol. The zero-order chi connectivity index (χ0) is 18.8. The summed E-state index contributed by atoms with van der Waals surface area (Å²) < 4.78 is 0. The number of hydrogen-bond donors (Lipinski definition) is 0. The third-order valence-corrected chi connectivity index (χ3v) is 8.94. The Hall–Kier alpha value is -0.530. The maximum Gasteiger partial charge on any atom is -0.00187 e. The van der Waals surface area contributed by atoms with Crippen LogP contribution in [0.25, 0.3) is 0 Å². The van der Waals surface area contributed by atoms with Crippen molar-refractivity contribution in [1.82, 2.24) is 4.90 Å². The van der Waals surface area contributed by atoms with Gasteiger partial charge < -0.3 is 4.90 Å². The molecule has 1 heterocycles. The van der Waals surface area contributed by atoms with E-state index in [2.05, 4.69) is 35.2 Å². The Balaban J connectivity index is 0.00000205. The van der Waals surface area contributed by atoms with Gasteiger partial charge in [0.1, 0.15) is 0 Å². The normalized spacial score (nSPS) is 34.7. The average Bonchev–Trinajstić information content (AvgIpc) is 2.71. The van der Waals surface area contributed by atoms with Gasteiger partial charge in [-0.05, 0) is 118 Å². The molecular formula is C27H42ClN. The molecule has 5 fully saturated rings. The molecule has 0 radical (unpaired) electrons. The van der Waals surface area contributed by atoms with Crippen LogP contribution in [-0.2, 0) is 0 Å². The largest absolute Gasteiger partial charge is 0.303 e. The second-order valence-corrected chi connectivity index (χ2v) is 11.0. The number of likely N-dealkylation sites (tertiary alicyclic amines) is 1. The third kappa shape index (κ3) is 4.87. The first-order chi connectivity index (χ1) is 13.8. The quantitative estimate of drug-likeness (QED) is 0.398. The number of hydrogen-bond acceptors (Lipinski definition) is 1. The highest BCUT2D eigenvalue weighted by molar-refractivity contribution is 5.85. The van der Waals surface area contributed by atoms with E-state index < -0.39 is 0 Å². The van der Waals surface area contributed by atoms with Gasteiger partial charge in [0.25, 0.3) is 0 Å². The zero-order valence-electron chi connectivity index (χ0n) is 18.4. The Bertz CT molecular complexity index is 585. The van der Waals surface area contributed by atoms with Crippen LogP contribution in [0.3, 0.4) is 0 Å². The number of unbranched alkanes of at least 4 members (excludes halogenated alkanes) is 2. The van der Waals surface area contributed by atoms with Crippen LogP contribution >= 0.6 is 12.4 Å². The molecule has 1 saturated heterocycles. The van der Waals surface area contributed by atoms with E-state index in [0.717, 1.165) is 23.7 Å². The molecule has 1 atom stereocenters. The summed E-state index contributed by atoms with van der Waals surface area (Å²) in [5, 5.41) is 0. The van der Waals surface area contributed by atoms with E-state index in [0.29, 0.717) is 5.41 Å². The standard InChI is InChI=1S/C27H41N.ClH/c1-4-10-25(11-5-1)26(12-6-2-7-13-28-14-8-3-9-15-28)27-19-22-16-23(20-27)18-24(17-22)21-27;/h1,4-5,10-11,22-24,26H,2-3,6-9,12-21H2;1H. The van der Waals surface area contributed by atoms with Crippen molar-refractivity contribution < 1.29 is 0 Å². The predicted octanol–water partition coefficient (Wildman–Crippen LogP) is 7.45. The minimum atomic E-state index is 0. The lowest BCUT2D eigenvalue weighted by molar-refractivity contribution is -0.0704. The molecule has 1 nitrogen and oxygen atoms in total. The Morgan fingerprint density at radius 3 is 2.03 bits per heavy atom. The molecule has 0 amide bonds. The summed E-state index contributed by atoms with van der Waals surface area (Å²) in [7, 11) is 0. The summed E-state index contributed by atoms with van der Waals surface area (Å²) in [5.41, 5.74) is 2.32. The highest BCUT2D eigenvalue weighted by Crippen LogP contribution is 2.65. The van der Waals surface area contributed by atoms with Crippen LogP contribution in [-0.4, -0.2) is 24.5 Å². The van der Waals surface area contributed by atoms with Crippen molar-refractivity contribution >= 4 is 12.4 Å². The van der Waals surface area contributed by atoms with Gasteiger partial charge in [0, 0.05) is 0 Å². The van der Waals surface area contributed by atoms with Crippen molar-refractivity contribution in [3.63, 3.8) is 0 Å². The van der Waals surface area contributed by atoms with Crippen LogP contribution < -0.4 is 0 Å². The van der Waals surface area contributed by atoms with Crippen LogP contribution in [0.15, 0.2) is 30.3 Å². The highest BCUT2D eigenvalue weighted by atomic mass is 35.5. The first-order valence-corrected chi connectivity index (χ1v) is 12.6. The third-order valence-electron chi connectivity index (χ3n) is 8.94. The van der Waals surface area contributed by atoms with Crippen LogP contribution in [0.4, 0.5) is 0 Å². The lowest BCUT2D eigenvalue weighted by Crippen LogP contribution is -2.48. The molecule has 0 N–H and O–H groups in total. The van der Waals surface area contributed by atoms with Crippen LogP contribution in [0.5, 0.6) is 0 Å². The first-order valence-electron chi connectivity index (χ1n) is 12.6. The topological polar surface area (TPSA) is 3.24 Å². The molecule has 6 rings (SSSR count). The van der Waals surface area contributed by atoms with E-state index in [1.54, 1.807) is 44.1 Å². The molecule has 4 saturated carbocycles. The van der Waals surface area contributed by atoms with Crippen molar-refractivity contribution in [2.45, 2.75) is 89.4 Å². The van der Waals surface area contributed by atoms with Crippen molar-refractivity contribution in [2.75, 3.05) is 19.6 Å². The molecule has 162 valence electrons. The van der Waals surface area contributed by atoms with Gasteiger partial charge in [-0.1, -0.05) is 49.6 Å². The fraction of sp³-hybridized carbons (Fsp3) is 0.778. The van der Waals surface area contributed by atoms with Gasteiger partial charge in [0.15, 0.2) is 0 Å². The molecule has 5 aliphatic rings. The number of benzene rings is 1. The van der Waals surface area contributed by atoms with Gasteiger partial charge in [-0.25, -0.2) is 0 Å². The maximum atomic E-state index is 2.72. The molecule has 1 aromatic rings. The Morgan fingerprint density at radius 1 is 0.793 bits per heavy atom. The predicted molar refractivity (Wildman–Crippen MR) is 126 cm³/mol. The Kier molecular flexibility index (Phi) is 7.28. The lowest BCUT2D eigenvalue weighted by Gasteiger charge is -2.60. The van der Waals surface area contributed by atoms with E-state index in [1.165, 1.54) is 64.6 Å². The lowest BCUT2D eigenvalue weighted by atomic mass is 9.45. The minimum Gasteiger partial charge on any atom is -0.303 e. The Morgan fingerprint density at radius 2 is 1.41 bits per heavy atom. The summed E-state index contributed by atoms with van der Waals surface area (Å²) >= 11 is 0. The SMILES string of the molecule is Cl.c1ccc(C(CCCCCN2CCCCC2)C23CC4CC(CC(C4)C2)C3)cc1. The van der Waals surface area contributed by atoms with Crippen LogP contribution in [0.1, 0.15) is 95.0 Å². The zero-order valence-corrected chi connectivity index (χ0v) is 19.2. The molecule has 0 spiro atoms. The molecule has 1 unspecified atom stereocenters. The smallest absolute Gasteiger partial charge is 0.00187 e. The second-order valence-electron chi connectivity index (χ2n) is 11.0. The van der Waals surface area contributed by atoms with E-state index in [-0.39, 0.29) is 12.4 Å². The molecule has 1 aromatic carbocycles. The summed E-state index contributed by atoms with van der Waals surface area (Å²) in [6.45, 7) is 4.08. The van der Waals surface area contributed by atoms with Crippen molar-refractivity contribution in [3.8, 4) is 0 Å². The fourth-order valence-corrected chi connectivity index (χ4v) is 8.16. The number of nitrogens with zero attached hydrogens (tertiary/aromatic N) is 1. The highest BCUT2D eigenvalue weighted by Gasteiger charge is 2.53.